The zero-order valence-corrected chi connectivity index (χ0v) is 15.4. The van der Waals surface area contributed by atoms with Crippen LogP contribution in [0.2, 0.25) is 5.02 Å². The molecule has 0 aliphatic carbocycles. The molecule has 24 heavy (non-hydrogen) atoms. The number of anilines is 1. The van der Waals surface area contributed by atoms with Crippen molar-refractivity contribution in [3.63, 3.8) is 0 Å². The van der Waals surface area contributed by atoms with Gasteiger partial charge < -0.3 is 4.90 Å². The van der Waals surface area contributed by atoms with Crippen LogP contribution in [-0.2, 0) is 17.1 Å². The molecule has 0 N–H and O–H groups in total. The fourth-order valence-corrected chi connectivity index (χ4v) is 5.02. The quantitative estimate of drug-likeness (QED) is 0.824. The van der Waals surface area contributed by atoms with Crippen LogP contribution in [0.5, 0.6) is 0 Å². The summed E-state index contributed by atoms with van der Waals surface area (Å²) in [6, 6.07) is 7.59. The van der Waals surface area contributed by atoms with Gasteiger partial charge in [0.25, 0.3) is 10.0 Å². The molecule has 0 amide bonds. The molecule has 1 saturated heterocycles. The van der Waals surface area contributed by atoms with Crippen molar-refractivity contribution in [2.75, 3.05) is 24.5 Å². The Morgan fingerprint density at radius 3 is 2.38 bits per heavy atom. The van der Waals surface area contributed by atoms with Crippen molar-refractivity contribution in [1.29, 1.82) is 0 Å². The van der Waals surface area contributed by atoms with E-state index in [0.717, 1.165) is 5.69 Å². The molecule has 1 aliphatic rings. The van der Waals surface area contributed by atoms with Crippen molar-refractivity contribution in [2.45, 2.75) is 24.4 Å². The number of hydrogen-bond donors (Lipinski definition) is 0. The molecule has 0 radical (unpaired) electrons. The van der Waals surface area contributed by atoms with Crippen molar-refractivity contribution < 1.29 is 8.42 Å². The third-order valence-electron chi connectivity index (χ3n) is 4.25. The largest absolute Gasteiger partial charge is 0.368 e. The van der Waals surface area contributed by atoms with Crippen LogP contribution in [0.4, 0.5) is 5.69 Å². The standard InChI is InChI=1S/C15H20ClN5O2S/c1-15(2)11-20(13-6-4-12(16)5-7-13)8-9-21(15)24(22,23)14-10-17-18-19(14)3/h4-7,10H,8-9,11H2,1-3H3. The molecule has 0 spiro atoms. The number of aromatic nitrogens is 3. The van der Waals surface area contributed by atoms with Gasteiger partial charge in [-0.2, -0.15) is 4.31 Å². The zero-order chi connectivity index (χ0) is 17.5. The van der Waals surface area contributed by atoms with Crippen LogP contribution in [-0.4, -0.2) is 52.9 Å². The Labute approximate surface area is 146 Å². The summed E-state index contributed by atoms with van der Waals surface area (Å²) in [5.74, 6) is 0. The molecule has 7 nitrogen and oxygen atoms in total. The average molecular weight is 370 g/mol. The average Bonchev–Trinajstić information content (AvgIpc) is 2.93. The van der Waals surface area contributed by atoms with Gasteiger partial charge in [0.2, 0.25) is 0 Å². The minimum Gasteiger partial charge on any atom is -0.368 e. The Hall–Kier alpha value is -1.64. The number of aryl methyl sites for hydroxylation is 1. The fourth-order valence-electron chi connectivity index (χ4n) is 3.08. The minimum absolute atomic E-state index is 0.107. The Balaban J connectivity index is 1.87. The number of hydrogen-bond acceptors (Lipinski definition) is 5. The molecular formula is C15H20ClN5O2S. The third-order valence-corrected chi connectivity index (χ3v) is 6.65. The molecule has 1 aromatic carbocycles. The summed E-state index contributed by atoms with van der Waals surface area (Å²) in [4.78, 5) is 2.17. The molecule has 1 aliphatic heterocycles. The molecule has 2 heterocycles. The first-order valence-corrected chi connectivity index (χ1v) is 9.42. The lowest BCUT2D eigenvalue weighted by Gasteiger charge is -2.46. The topological polar surface area (TPSA) is 71.3 Å². The van der Waals surface area contributed by atoms with Crippen LogP contribution in [0.1, 0.15) is 13.8 Å². The summed E-state index contributed by atoms with van der Waals surface area (Å²) in [7, 11) is -2.07. The van der Waals surface area contributed by atoms with Crippen LogP contribution in [0.25, 0.3) is 0 Å². The van der Waals surface area contributed by atoms with Gasteiger partial charge in [-0.3, -0.25) is 0 Å². The first-order valence-electron chi connectivity index (χ1n) is 7.60. The van der Waals surface area contributed by atoms with E-state index in [4.69, 9.17) is 11.6 Å². The van der Waals surface area contributed by atoms with E-state index in [2.05, 4.69) is 15.2 Å². The smallest absolute Gasteiger partial charge is 0.262 e. The lowest BCUT2D eigenvalue weighted by Crippen LogP contribution is -2.61. The van der Waals surface area contributed by atoms with E-state index in [-0.39, 0.29) is 5.03 Å². The number of benzene rings is 1. The number of nitrogens with zero attached hydrogens (tertiary/aromatic N) is 5. The summed E-state index contributed by atoms with van der Waals surface area (Å²) in [5, 5.41) is 8.21. The molecule has 0 unspecified atom stereocenters. The molecule has 0 bridgehead atoms. The maximum Gasteiger partial charge on any atom is 0.262 e. The van der Waals surface area contributed by atoms with Crippen LogP contribution in [0, 0.1) is 0 Å². The summed E-state index contributed by atoms with van der Waals surface area (Å²) < 4.78 is 28.7. The molecule has 3 rings (SSSR count). The number of rotatable bonds is 3. The second kappa shape index (κ2) is 6.02. The highest BCUT2D eigenvalue weighted by Crippen LogP contribution is 2.30. The SMILES string of the molecule is Cn1nncc1S(=O)(=O)N1CCN(c2ccc(Cl)cc2)CC1(C)C. The van der Waals surface area contributed by atoms with Gasteiger partial charge in [-0.25, -0.2) is 13.1 Å². The normalized spacial score (nSPS) is 18.8. The van der Waals surface area contributed by atoms with Gasteiger partial charge in [-0.1, -0.05) is 16.8 Å². The van der Waals surface area contributed by atoms with Crippen LogP contribution >= 0.6 is 11.6 Å². The summed E-state index contributed by atoms with van der Waals surface area (Å²) in [6.45, 7) is 5.44. The first kappa shape index (κ1) is 17.2. The molecule has 1 aromatic heterocycles. The third kappa shape index (κ3) is 3.01. The lowest BCUT2D eigenvalue weighted by molar-refractivity contribution is 0.204. The number of sulfonamides is 1. The molecule has 0 saturated carbocycles. The monoisotopic (exact) mass is 369 g/mol. The maximum atomic E-state index is 13.0. The predicted octanol–water partition coefficient (Wildman–Crippen LogP) is 1.76. The van der Waals surface area contributed by atoms with Gasteiger partial charge in [0.05, 0.1) is 6.20 Å². The molecule has 1 fully saturated rings. The van der Waals surface area contributed by atoms with Crippen LogP contribution in [0.15, 0.2) is 35.5 Å². The number of halogens is 1. The molecule has 0 atom stereocenters. The Bertz CT molecular complexity index is 832. The Kier molecular flexibility index (Phi) is 4.31. The van der Waals surface area contributed by atoms with Crippen molar-refractivity contribution >= 4 is 27.3 Å². The molecule has 9 heteroatoms. The van der Waals surface area contributed by atoms with Gasteiger partial charge in [0, 0.05) is 42.9 Å². The van der Waals surface area contributed by atoms with Crippen LogP contribution in [0.3, 0.4) is 0 Å². The minimum atomic E-state index is -3.65. The lowest BCUT2D eigenvalue weighted by atomic mass is 10.0. The second-order valence-corrected chi connectivity index (χ2v) is 8.73. The van der Waals surface area contributed by atoms with Crippen molar-refractivity contribution in [3.8, 4) is 0 Å². The summed E-state index contributed by atoms with van der Waals surface area (Å²) in [6.07, 6.45) is 1.29. The highest BCUT2D eigenvalue weighted by Gasteiger charge is 2.42. The van der Waals surface area contributed by atoms with Crippen LogP contribution < -0.4 is 4.90 Å². The fraction of sp³-hybridized carbons (Fsp3) is 0.467. The van der Waals surface area contributed by atoms with Crippen molar-refractivity contribution in [2.24, 2.45) is 7.05 Å². The zero-order valence-electron chi connectivity index (χ0n) is 13.8. The van der Waals surface area contributed by atoms with E-state index in [1.807, 2.05) is 38.1 Å². The number of piperazine rings is 1. The first-order chi connectivity index (χ1) is 11.2. The second-order valence-electron chi connectivity index (χ2n) is 6.48. The van der Waals surface area contributed by atoms with Gasteiger partial charge in [0.15, 0.2) is 5.03 Å². The van der Waals surface area contributed by atoms with E-state index < -0.39 is 15.6 Å². The van der Waals surface area contributed by atoms with Gasteiger partial charge >= 0.3 is 0 Å². The Morgan fingerprint density at radius 2 is 1.83 bits per heavy atom. The van der Waals surface area contributed by atoms with Crippen molar-refractivity contribution in [3.05, 3.63) is 35.5 Å². The highest BCUT2D eigenvalue weighted by molar-refractivity contribution is 7.89. The summed E-state index contributed by atoms with van der Waals surface area (Å²) >= 11 is 5.94. The maximum absolute atomic E-state index is 13.0. The molecular weight excluding hydrogens is 350 g/mol. The van der Waals surface area contributed by atoms with E-state index in [0.29, 0.717) is 24.7 Å². The van der Waals surface area contributed by atoms with Gasteiger partial charge in [-0.05, 0) is 38.1 Å². The van der Waals surface area contributed by atoms with Gasteiger partial charge in [0.1, 0.15) is 0 Å². The molecule has 130 valence electrons. The van der Waals surface area contributed by atoms with E-state index in [1.165, 1.54) is 15.2 Å². The van der Waals surface area contributed by atoms with E-state index >= 15 is 0 Å². The highest BCUT2D eigenvalue weighted by atomic mass is 35.5. The summed E-state index contributed by atoms with van der Waals surface area (Å²) in [5.41, 5.74) is 0.466. The Morgan fingerprint density at radius 1 is 1.17 bits per heavy atom. The van der Waals surface area contributed by atoms with E-state index in [9.17, 15) is 8.42 Å². The van der Waals surface area contributed by atoms with Gasteiger partial charge in [-0.15, -0.1) is 5.10 Å². The van der Waals surface area contributed by atoms with Crippen molar-refractivity contribution in [1.82, 2.24) is 19.3 Å². The van der Waals surface area contributed by atoms with E-state index in [1.54, 1.807) is 7.05 Å². The predicted molar refractivity (Wildman–Crippen MR) is 92.6 cm³/mol. The molecule has 2 aromatic rings.